The summed E-state index contributed by atoms with van der Waals surface area (Å²) in [4.78, 5) is 12.1. The van der Waals surface area contributed by atoms with E-state index in [4.69, 9.17) is 15.4 Å². The molecule has 1 unspecified atom stereocenters. The largest absolute Gasteiger partial charge is 0.381 e. The Labute approximate surface area is 129 Å². The lowest BCUT2D eigenvalue weighted by Gasteiger charge is -2.28. The molecule has 5 nitrogen and oxygen atoms in total. The molecule has 0 radical (unpaired) electrons. The highest BCUT2D eigenvalue weighted by molar-refractivity contribution is 8.13. The van der Waals surface area contributed by atoms with Gasteiger partial charge in [0, 0.05) is 35.5 Å². The SMILES string of the molecule is CC(NC(=O)c1ccc(S(=O)(=O)Cl)cc1)C1CCOCC1. The van der Waals surface area contributed by atoms with E-state index < -0.39 is 9.05 Å². The standard InChI is InChI=1S/C14H18ClNO4S/c1-10(11-6-8-20-9-7-11)16-14(17)12-2-4-13(5-3-12)21(15,18)19/h2-5,10-11H,6-9H2,1H3,(H,16,17). The van der Waals surface area contributed by atoms with Gasteiger partial charge in [0.2, 0.25) is 0 Å². The van der Waals surface area contributed by atoms with Crippen LogP contribution in [0.5, 0.6) is 0 Å². The maximum atomic E-state index is 12.1. The molecule has 1 fully saturated rings. The van der Waals surface area contributed by atoms with Crippen molar-refractivity contribution in [3.63, 3.8) is 0 Å². The van der Waals surface area contributed by atoms with Gasteiger partial charge in [-0.25, -0.2) is 8.42 Å². The molecule has 1 aliphatic rings. The lowest BCUT2D eigenvalue weighted by molar-refractivity contribution is 0.0538. The molecule has 1 aromatic carbocycles. The summed E-state index contributed by atoms with van der Waals surface area (Å²) >= 11 is 0. The van der Waals surface area contributed by atoms with Crippen LogP contribution in [0.4, 0.5) is 0 Å². The van der Waals surface area contributed by atoms with E-state index in [0.717, 1.165) is 26.1 Å². The summed E-state index contributed by atoms with van der Waals surface area (Å²) in [6, 6.07) is 5.63. The summed E-state index contributed by atoms with van der Waals surface area (Å²) in [7, 11) is 1.48. The quantitative estimate of drug-likeness (QED) is 0.858. The molecule has 7 heteroatoms. The highest BCUT2D eigenvalue weighted by Crippen LogP contribution is 2.19. The number of hydrogen-bond acceptors (Lipinski definition) is 4. The number of ether oxygens (including phenoxy) is 1. The van der Waals surface area contributed by atoms with Crippen molar-refractivity contribution in [1.82, 2.24) is 5.32 Å². The van der Waals surface area contributed by atoms with Crippen LogP contribution in [0.2, 0.25) is 0 Å². The van der Waals surface area contributed by atoms with E-state index in [2.05, 4.69) is 5.32 Å². The lowest BCUT2D eigenvalue weighted by atomic mass is 9.93. The second-order valence-electron chi connectivity index (χ2n) is 5.17. The van der Waals surface area contributed by atoms with E-state index in [1.807, 2.05) is 6.92 Å². The third-order valence-electron chi connectivity index (χ3n) is 3.73. The zero-order valence-electron chi connectivity index (χ0n) is 11.7. The first-order valence-corrected chi connectivity index (χ1v) is 9.12. The average Bonchev–Trinajstić information content (AvgIpc) is 2.47. The van der Waals surface area contributed by atoms with Gasteiger partial charge >= 0.3 is 0 Å². The van der Waals surface area contributed by atoms with Gasteiger partial charge in [0.1, 0.15) is 0 Å². The van der Waals surface area contributed by atoms with Gasteiger partial charge in [0.15, 0.2) is 0 Å². The van der Waals surface area contributed by atoms with Crippen LogP contribution in [-0.4, -0.2) is 33.6 Å². The second kappa shape index (κ2) is 6.77. The van der Waals surface area contributed by atoms with Gasteiger partial charge < -0.3 is 10.1 Å². The number of hydrogen-bond donors (Lipinski definition) is 1. The smallest absolute Gasteiger partial charge is 0.261 e. The zero-order chi connectivity index (χ0) is 15.5. The molecule has 21 heavy (non-hydrogen) atoms. The molecular weight excluding hydrogens is 314 g/mol. The average molecular weight is 332 g/mol. The fraction of sp³-hybridized carbons (Fsp3) is 0.500. The summed E-state index contributed by atoms with van der Waals surface area (Å²) in [6.45, 7) is 3.44. The number of halogens is 1. The third kappa shape index (κ3) is 4.43. The minimum absolute atomic E-state index is 0.0156. The molecule has 1 heterocycles. The number of benzene rings is 1. The summed E-state index contributed by atoms with van der Waals surface area (Å²) in [5, 5.41) is 2.95. The Kier molecular flexibility index (Phi) is 5.24. The molecule has 1 atom stereocenters. The Balaban J connectivity index is 1.99. The van der Waals surface area contributed by atoms with Gasteiger partial charge in [-0.3, -0.25) is 4.79 Å². The molecule has 0 aliphatic carbocycles. The maximum absolute atomic E-state index is 12.1. The van der Waals surface area contributed by atoms with Gasteiger partial charge in [-0.1, -0.05) is 0 Å². The Hall–Kier alpha value is -1.11. The zero-order valence-corrected chi connectivity index (χ0v) is 13.3. The molecule has 1 N–H and O–H groups in total. The molecule has 1 aromatic rings. The van der Waals surface area contributed by atoms with Crippen LogP contribution in [0.25, 0.3) is 0 Å². The van der Waals surface area contributed by atoms with Crippen molar-refractivity contribution in [2.24, 2.45) is 5.92 Å². The number of carbonyl (C=O) groups excluding carboxylic acids is 1. The van der Waals surface area contributed by atoms with E-state index in [0.29, 0.717) is 11.5 Å². The highest BCUT2D eigenvalue weighted by Gasteiger charge is 2.22. The van der Waals surface area contributed by atoms with E-state index in [-0.39, 0.29) is 16.8 Å². The molecular formula is C14H18ClNO4S. The van der Waals surface area contributed by atoms with E-state index >= 15 is 0 Å². The maximum Gasteiger partial charge on any atom is 0.261 e. The van der Waals surface area contributed by atoms with Crippen molar-refractivity contribution in [3.05, 3.63) is 29.8 Å². The van der Waals surface area contributed by atoms with Crippen LogP contribution < -0.4 is 5.32 Å². The second-order valence-corrected chi connectivity index (χ2v) is 7.74. The Morgan fingerprint density at radius 2 is 1.86 bits per heavy atom. The van der Waals surface area contributed by atoms with Crippen LogP contribution >= 0.6 is 10.7 Å². The molecule has 1 aliphatic heterocycles. The predicted octanol–water partition coefficient (Wildman–Crippen LogP) is 2.16. The first kappa shape index (κ1) is 16.3. The van der Waals surface area contributed by atoms with Crippen LogP contribution in [0, 0.1) is 5.92 Å². The topological polar surface area (TPSA) is 72.5 Å². The van der Waals surface area contributed by atoms with Gasteiger partial charge in [-0.05, 0) is 49.9 Å². The number of amides is 1. The Morgan fingerprint density at radius 1 is 1.29 bits per heavy atom. The fourth-order valence-electron chi connectivity index (χ4n) is 2.39. The molecule has 116 valence electrons. The van der Waals surface area contributed by atoms with Gasteiger partial charge in [0.05, 0.1) is 4.90 Å². The molecule has 0 spiro atoms. The number of rotatable bonds is 4. The number of carbonyl (C=O) groups is 1. The minimum Gasteiger partial charge on any atom is -0.381 e. The van der Waals surface area contributed by atoms with Gasteiger partial charge in [0.25, 0.3) is 15.0 Å². The monoisotopic (exact) mass is 331 g/mol. The third-order valence-corrected chi connectivity index (χ3v) is 5.10. The van der Waals surface area contributed by atoms with Crippen LogP contribution in [0.15, 0.2) is 29.2 Å². The molecule has 0 bridgehead atoms. The first-order valence-electron chi connectivity index (χ1n) is 6.81. The van der Waals surface area contributed by atoms with Gasteiger partial charge in [-0.2, -0.15) is 0 Å². The van der Waals surface area contributed by atoms with E-state index in [1.54, 1.807) is 0 Å². The van der Waals surface area contributed by atoms with Crippen LogP contribution in [-0.2, 0) is 13.8 Å². The number of nitrogens with one attached hydrogen (secondary N) is 1. The van der Waals surface area contributed by atoms with Crippen molar-refractivity contribution in [2.45, 2.75) is 30.7 Å². The van der Waals surface area contributed by atoms with E-state index in [9.17, 15) is 13.2 Å². The first-order chi connectivity index (χ1) is 9.88. The fourth-order valence-corrected chi connectivity index (χ4v) is 3.16. The Bertz CT molecular complexity index is 594. The molecule has 1 amide bonds. The Morgan fingerprint density at radius 3 is 2.38 bits per heavy atom. The summed E-state index contributed by atoms with van der Waals surface area (Å²) < 4.78 is 27.6. The normalized spacial score (nSPS) is 18.2. The summed E-state index contributed by atoms with van der Waals surface area (Å²) in [6.07, 6.45) is 1.87. The summed E-state index contributed by atoms with van der Waals surface area (Å²) in [5.74, 6) is 0.192. The molecule has 0 saturated carbocycles. The predicted molar refractivity (Wildman–Crippen MR) is 80.0 cm³/mol. The van der Waals surface area contributed by atoms with Crippen molar-refractivity contribution in [1.29, 1.82) is 0 Å². The van der Waals surface area contributed by atoms with Crippen molar-refractivity contribution in [3.8, 4) is 0 Å². The van der Waals surface area contributed by atoms with Gasteiger partial charge in [-0.15, -0.1) is 0 Å². The summed E-state index contributed by atoms with van der Waals surface area (Å²) in [5.41, 5.74) is 0.415. The lowest BCUT2D eigenvalue weighted by Crippen LogP contribution is -2.40. The van der Waals surface area contributed by atoms with E-state index in [1.165, 1.54) is 24.3 Å². The highest BCUT2D eigenvalue weighted by atomic mass is 35.7. The molecule has 1 saturated heterocycles. The minimum atomic E-state index is -3.76. The van der Waals surface area contributed by atoms with Crippen molar-refractivity contribution in [2.75, 3.05) is 13.2 Å². The van der Waals surface area contributed by atoms with Crippen LogP contribution in [0.3, 0.4) is 0 Å². The van der Waals surface area contributed by atoms with Crippen LogP contribution in [0.1, 0.15) is 30.1 Å². The van der Waals surface area contributed by atoms with Crippen molar-refractivity contribution < 1.29 is 17.9 Å². The van der Waals surface area contributed by atoms with Crippen molar-refractivity contribution >= 4 is 25.6 Å². The molecule has 2 rings (SSSR count). The molecule has 0 aromatic heterocycles.